The van der Waals surface area contributed by atoms with Crippen LogP contribution in [-0.4, -0.2) is 17.6 Å². The average Bonchev–Trinajstić information content (AvgIpc) is 2.17. The van der Waals surface area contributed by atoms with E-state index < -0.39 is 0 Å². The highest BCUT2D eigenvalue weighted by atomic mass is 32.2. The number of aromatic hydroxyl groups is 1. The van der Waals surface area contributed by atoms with Crippen molar-refractivity contribution in [3.05, 3.63) is 17.2 Å². The van der Waals surface area contributed by atoms with Crippen molar-refractivity contribution in [2.24, 2.45) is 0 Å². The first-order chi connectivity index (χ1) is 6.65. The van der Waals surface area contributed by atoms with Crippen LogP contribution in [0, 0.1) is 6.92 Å². The Balaban J connectivity index is 3.39. The van der Waals surface area contributed by atoms with Crippen molar-refractivity contribution < 1.29 is 5.11 Å². The lowest BCUT2D eigenvalue weighted by Crippen LogP contribution is -1.91. The summed E-state index contributed by atoms with van der Waals surface area (Å²) < 4.78 is 0. The molecule has 0 unspecified atom stereocenters. The highest BCUT2D eigenvalue weighted by Gasteiger charge is 2.13. The molecule has 1 N–H and O–H groups in total. The van der Waals surface area contributed by atoms with E-state index in [1.54, 1.807) is 23.5 Å². The molecule has 0 aromatic heterocycles. The summed E-state index contributed by atoms with van der Waals surface area (Å²) in [4.78, 5) is 2.04. The quantitative estimate of drug-likeness (QED) is 0.796. The van der Waals surface area contributed by atoms with Crippen molar-refractivity contribution in [3.63, 3.8) is 0 Å². The summed E-state index contributed by atoms with van der Waals surface area (Å²) in [5, 5.41) is 10.0. The van der Waals surface area contributed by atoms with E-state index in [-0.39, 0.29) is 0 Å². The van der Waals surface area contributed by atoms with E-state index in [2.05, 4.69) is 19.9 Å². The minimum absolute atomic E-state index is 0.460. The average molecular weight is 228 g/mol. The Labute approximate surface area is 94.3 Å². The number of thioether (sulfide) groups is 2. The van der Waals surface area contributed by atoms with Gasteiger partial charge in [-0.05, 0) is 37.0 Å². The summed E-state index contributed by atoms with van der Waals surface area (Å²) in [5.41, 5.74) is 2.41. The first-order valence-corrected chi connectivity index (χ1v) is 7.04. The van der Waals surface area contributed by atoms with E-state index in [0.717, 1.165) is 16.2 Å². The van der Waals surface area contributed by atoms with Crippen LogP contribution in [0.2, 0.25) is 0 Å². The van der Waals surface area contributed by atoms with Gasteiger partial charge in [-0.2, -0.15) is 0 Å². The Morgan fingerprint density at radius 2 is 1.79 bits per heavy atom. The van der Waals surface area contributed by atoms with Crippen molar-refractivity contribution >= 4 is 23.5 Å². The molecule has 3 heteroatoms. The SMILES string of the molecule is CCc1cc(C)c(SC)c(O)c1SC. The number of benzene rings is 1. The monoisotopic (exact) mass is 228 g/mol. The number of phenolic OH excluding ortho intramolecular Hbond substituents is 1. The number of phenols is 1. The molecule has 0 fully saturated rings. The third kappa shape index (κ3) is 2.04. The molecule has 0 bridgehead atoms. The van der Waals surface area contributed by atoms with Gasteiger partial charge in [-0.25, -0.2) is 0 Å². The van der Waals surface area contributed by atoms with Gasteiger partial charge in [0.05, 0.1) is 9.79 Å². The van der Waals surface area contributed by atoms with Gasteiger partial charge in [0.2, 0.25) is 0 Å². The first kappa shape index (κ1) is 11.8. The minimum Gasteiger partial charge on any atom is -0.506 e. The van der Waals surface area contributed by atoms with Crippen molar-refractivity contribution in [1.82, 2.24) is 0 Å². The van der Waals surface area contributed by atoms with E-state index in [1.807, 2.05) is 12.5 Å². The van der Waals surface area contributed by atoms with Crippen LogP contribution in [0.3, 0.4) is 0 Å². The molecule has 0 atom stereocenters. The minimum atomic E-state index is 0.460. The number of rotatable bonds is 3. The lowest BCUT2D eigenvalue weighted by molar-refractivity contribution is 0.446. The third-order valence-electron chi connectivity index (χ3n) is 2.26. The van der Waals surface area contributed by atoms with Gasteiger partial charge >= 0.3 is 0 Å². The fourth-order valence-electron chi connectivity index (χ4n) is 1.58. The molecular formula is C11H16OS2. The molecule has 0 saturated carbocycles. The van der Waals surface area contributed by atoms with Crippen LogP contribution >= 0.6 is 23.5 Å². The first-order valence-electron chi connectivity index (χ1n) is 4.59. The van der Waals surface area contributed by atoms with Crippen molar-refractivity contribution in [1.29, 1.82) is 0 Å². The van der Waals surface area contributed by atoms with Crippen molar-refractivity contribution in [3.8, 4) is 5.75 Å². The standard InChI is InChI=1S/C11H16OS2/c1-5-8-6-7(2)10(13-3)9(12)11(8)14-4/h6,12H,5H2,1-4H3. The largest absolute Gasteiger partial charge is 0.506 e. The van der Waals surface area contributed by atoms with E-state index in [4.69, 9.17) is 0 Å². The molecule has 0 spiro atoms. The predicted molar refractivity (Wildman–Crippen MR) is 65.8 cm³/mol. The summed E-state index contributed by atoms with van der Waals surface area (Å²) in [6, 6.07) is 2.18. The van der Waals surface area contributed by atoms with Gasteiger partial charge in [0, 0.05) is 0 Å². The van der Waals surface area contributed by atoms with Gasteiger partial charge in [0.25, 0.3) is 0 Å². The van der Waals surface area contributed by atoms with Gasteiger partial charge in [0.1, 0.15) is 5.75 Å². The Hall–Kier alpha value is -0.280. The molecule has 1 nitrogen and oxygen atoms in total. The Morgan fingerprint density at radius 3 is 2.21 bits per heavy atom. The molecule has 14 heavy (non-hydrogen) atoms. The van der Waals surface area contributed by atoms with Gasteiger partial charge < -0.3 is 5.11 Å². The zero-order chi connectivity index (χ0) is 10.7. The van der Waals surface area contributed by atoms with Gasteiger partial charge in [-0.3, -0.25) is 0 Å². The zero-order valence-electron chi connectivity index (χ0n) is 9.05. The summed E-state index contributed by atoms with van der Waals surface area (Å²) in [5.74, 6) is 0.460. The highest BCUT2D eigenvalue weighted by Crippen LogP contribution is 2.40. The number of aryl methyl sites for hydroxylation is 2. The lowest BCUT2D eigenvalue weighted by Gasteiger charge is -2.13. The van der Waals surface area contributed by atoms with Gasteiger partial charge in [-0.15, -0.1) is 23.5 Å². The van der Waals surface area contributed by atoms with Crippen LogP contribution in [0.1, 0.15) is 18.1 Å². The van der Waals surface area contributed by atoms with Crippen LogP contribution in [-0.2, 0) is 6.42 Å². The Morgan fingerprint density at radius 1 is 1.21 bits per heavy atom. The van der Waals surface area contributed by atoms with Crippen LogP contribution in [0.5, 0.6) is 5.75 Å². The normalized spacial score (nSPS) is 10.6. The maximum atomic E-state index is 10.0. The van der Waals surface area contributed by atoms with Crippen LogP contribution in [0.15, 0.2) is 15.9 Å². The van der Waals surface area contributed by atoms with Crippen LogP contribution in [0.4, 0.5) is 0 Å². The number of hydrogen-bond donors (Lipinski definition) is 1. The molecule has 1 aromatic rings. The summed E-state index contributed by atoms with van der Waals surface area (Å²) in [7, 11) is 0. The molecule has 0 amide bonds. The second kappa shape index (κ2) is 4.99. The van der Waals surface area contributed by atoms with E-state index >= 15 is 0 Å². The summed E-state index contributed by atoms with van der Waals surface area (Å²) in [6.45, 7) is 4.17. The molecule has 1 aromatic carbocycles. The van der Waals surface area contributed by atoms with Gasteiger partial charge in [-0.1, -0.05) is 13.0 Å². The van der Waals surface area contributed by atoms with E-state index in [1.165, 1.54) is 11.1 Å². The van der Waals surface area contributed by atoms with E-state index in [0.29, 0.717) is 5.75 Å². The maximum Gasteiger partial charge on any atom is 0.143 e. The van der Waals surface area contributed by atoms with Crippen LogP contribution < -0.4 is 0 Å². The smallest absolute Gasteiger partial charge is 0.143 e. The molecule has 1 rings (SSSR count). The highest BCUT2D eigenvalue weighted by molar-refractivity contribution is 7.99. The molecular weight excluding hydrogens is 212 g/mol. The van der Waals surface area contributed by atoms with Crippen LogP contribution in [0.25, 0.3) is 0 Å². The third-order valence-corrected chi connectivity index (χ3v) is 4.05. The molecule has 0 aliphatic rings. The summed E-state index contributed by atoms with van der Waals surface area (Å²) >= 11 is 3.23. The van der Waals surface area contributed by atoms with E-state index in [9.17, 15) is 5.11 Å². The Kier molecular flexibility index (Phi) is 4.20. The molecule has 0 heterocycles. The zero-order valence-corrected chi connectivity index (χ0v) is 10.7. The lowest BCUT2D eigenvalue weighted by atomic mass is 10.1. The second-order valence-electron chi connectivity index (χ2n) is 3.12. The number of hydrogen-bond acceptors (Lipinski definition) is 3. The fourth-order valence-corrected chi connectivity index (χ4v) is 3.08. The topological polar surface area (TPSA) is 20.2 Å². The second-order valence-corrected chi connectivity index (χ2v) is 4.75. The molecule has 78 valence electrons. The van der Waals surface area contributed by atoms with Crippen molar-refractivity contribution in [2.75, 3.05) is 12.5 Å². The molecule has 0 aliphatic carbocycles. The molecule has 0 aliphatic heterocycles. The predicted octanol–water partition coefficient (Wildman–Crippen LogP) is 3.71. The van der Waals surface area contributed by atoms with Gasteiger partial charge in [0.15, 0.2) is 0 Å². The maximum absolute atomic E-state index is 10.0. The molecule has 0 radical (unpaired) electrons. The molecule has 0 saturated heterocycles. The summed E-state index contributed by atoms with van der Waals surface area (Å²) in [6.07, 6.45) is 4.98. The Bertz CT molecular complexity index is 335. The van der Waals surface area contributed by atoms with Crippen molar-refractivity contribution in [2.45, 2.75) is 30.1 Å². The fraction of sp³-hybridized carbons (Fsp3) is 0.455.